The van der Waals surface area contributed by atoms with E-state index in [4.69, 9.17) is 20.3 Å². The average molecular weight is 884 g/mol. The number of ether oxygens (including phenoxy) is 2. The van der Waals surface area contributed by atoms with Gasteiger partial charge in [-0.3, -0.25) is 33.7 Å². The molecule has 1 aliphatic heterocycles. The van der Waals surface area contributed by atoms with Crippen molar-refractivity contribution in [1.82, 2.24) is 30.3 Å². The third-order valence-electron chi connectivity index (χ3n) is 13.0. The van der Waals surface area contributed by atoms with Gasteiger partial charge in [0.15, 0.2) is 0 Å². The van der Waals surface area contributed by atoms with Crippen LogP contribution in [0.3, 0.4) is 0 Å². The fraction of sp³-hybridized carbons (Fsp3) is 0.702. The van der Waals surface area contributed by atoms with E-state index in [-0.39, 0.29) is 54.7 Å². The second-order valence-electron chi connectivity index (χ2n) is 18.2. The molecule has 6 N–H and O–H groups in total. The Labute approximate surface area is 374 Å². The van der Waals surface area contributed by atoms with Crippen molar-refractivity contribution in [2.45, 2.75) is 149 Å². The zero-order valence-corrected chi connectivity index (χ0v) is 39.6. The number of benzene rings is 1. The van der Waals surface area contributed by atoms with Gasteiger partial charge in [0.25, 0.3) is 0 Å². The minimum atomic E-state index is -0.965. The Morgan fingerprint density at radius 3 is 2.21 bits per heavy atom. The third-order valence-corrected chi connectivity index (χ3v) is 13.0. The number of primary amides is 1. The van der Waals surface area contributed by atoms with Gasteiger partial charge < -0.3 is 45.7 Å². The summed E-state index contributed by atoms with van der Waals surface area (Å²) in [5, 5.41) is 15.8. The van der Waals surface area contributed by atoms with Gasteiger partial charge in [0, 0.05) is 57.8 Å². The Kier molecular flexibility index (Phi) is 21.0. The average Bonchev–Trinajstić information content (AvgIpc) is 3.89. The Morgan fingerprint density at radius 2 is 1.62 bits per heavy atom. The number of likely N-dealkylation sites (tertiary alicyclic amines) is 1. The number of hydrogen-bond acceptors (Lipinski definition) is 9. The van der Waals surface area contributed by atoms with Crippen molar-refractivity contribution in [3.05, 3.63) is 36.0 Å². The maximum absolute atomic E-state index is 14.5. The fourth-order valence-electron chi connectivity index (χ4n) is 9.29. The van der Waals surface area contributed by atoms with Gasteiger partial charge >= 0.3 is 5.97 Å². The van der Waals surface area contributed by atoms with Crippen molar-refractivity contribution >= 4 is 46.4 Å². The number of fused-ring (bicyclic) bond motifs is 1. The number of nitrogens with two attached hydrogens (primary N) is 1. The molecule has 0 saturated carbocycles. The van der Waals surface area contributed by atoms with Gasteiger partial charge in [-0.1, -0.05) is 79.5 Å². The second-order valence-corrected chi connectivity index (χ2v) is 18.2. The topological polar surface area (TPSA) is 217 Å². The van der Waals surface area contributed by atoms with Crippen molar-refractivity contribution < 1.29 is 43.3 Å². The van der Waals surface area contributed by atoms with Crippen molar-refractivity contribution in [2.24, 2.45) is 29.4 Å². The van der Waals surface area contributed by atoms with Crippen molar-refractivity contribution in [3.8, 4) is 0 Å². The molecule has 354 valence electrons. The monoisotopic (exact) mass is 884 g/mol. The Morgan fingerprint density at radius 1 is 0.937 bits per heavy atom. The summed E-state index contributed by atoms with van der Waals surface area (Å²) in [5.41, 5.74) is 7.55. The molecule has 5 amide bonds. The molecule has 9 atom stereocenters. The van der Waals surface area contributed by atoms with Gasteiger partial charge in [-0.15, -0.1) is 0 Å². The summed E-state index contributed by atoms with van der Waals surface area (Å²) in [6.45, 7) is 14.5. The number of carbonyl (C=O) groups excluding carboxylic acids is 5. The van der Waals surface area contributed by atoms with Crippen LogP contribution in [0.1, 0.15) is 105 Å². The lowest BCUT2D eigenvalue weighted by molar-refractivity contribution is -0.148. The minimum absolute atomic E-state index is 0.0314. The largest absolute Gasteiger partial charge is 0.481 e. The smallest absolute Gasteiger partial charge is 0.303 e. The summed E-state index contributed by atoms with van der Waals surface area (Å²) in [4.78, 5) is 88.7. The molecule has 1 aliphatic rings. The molecule has 1 saturated heterocycles. The van der Waals surface area contributed by atoms with Crippen LogP contribution >= 0.6 is 0 Å². The molecule has 2 heterocycles. The van der Waals surface area contributed by atoms with Crippen LogP contribution in [-0.2, 0) is 44.7 Å². The van der Waals surface area contributed by atoms with Gasteiger partial charge in [0.2, 0.25) is 29.5 Å². The summed E-state index contributed by atoms with van der Waals surface area (Å²) >= 11 is 0. The van der Waals surface area contributed by atoms with Gasteiger partial charge in [-0.2, -0.15) is 0 Å². The van der Waals surface area contributed by atoms with Gasteiger partial charge in [-0.05, 0) is 68.7 Å². The molecule has 1 aromatic carbocycles. The fourth-order valence-corrected chi connectivity index (χ4v) is 9.29. The second kappa shape index (κ2) is 25.1. The number of aliphatic carboxylic acids is 1. The first kappa shape index (κ1) is 52.8. The highest BCUT2D eigenvalue weighted by Gasteiger charge is 2.43. The van der Waals surface area contributed by atoms with Crippen LogP contribution in [0, 0.1) is 23.7 Å². The zero-order chi connectivity index (χ0) is 47.1. The highest BCUT2D eigenvalue weighted by atomic mass is 16.5. The first-order valence-corrected chi connectivity index (χ1v) is 22.8. The van der Waals surface area contributed by atoms with E-state index in [0.29, 0.717) is 38.8 Å². The number of methoxy groups -OCH3 is 2. The van der Waals surface area contributed by atoms with Gasteiger partial charge in [-0.25, -0.2) is 0 Å². The normalized spacial score (nSPS) is 18.1. The number of aromatic amines is 1. The molecule has 1 fully saturated rings. The first-order chi connectivity index (χ1) is 29.8. The molecule has 0 radical (unpaired) electrons. The number of H-pyrrole nitrogens is 1. The number of carbonyl (C=O) groups is 6. The van der Waals surface area contributed by atoms with E-state index in [9.17, 15) is 28.8 Å². The lowest BCUT2D eigenvalue weighted by Crippen LogP contribution is -2.60. The SMILES string of the molecule is CCC(C)C([C@@H](CC(=O)N1CCCC1[C@H](OC)[C@@H](C)C(=O)N[C@@H](Cc1c[nH]c2ccccc12)C(N)=O)OC)N(C)C(=O)[C@@H](NC(=O)C(C(C)C)N(C)CCCCCC(=O)O)C(C)C. The Balaban J connectivity index is 1.75. The summed E-state index contributed by atoms with van der Waals surface area (Å²) in [6, 6.07) is 4.42. The first-order valence-electron chi connectivity index (χ1n) is 22.8. The molecule has 1 aromatic heterocycles. The number of carboxylic acid groups (broad SMARTS) is 1. The third kappa shape index (κ3) is 14.2. The van der Waals surface area contributed by atoms with Crippen LogP contribution in [0.25, 0.3) is 10.9 Å². The molecule has 4 unspecified atom stereocenters. The number of carboxylic acids is 1. The van der Waals surface area contributed by atoms with Crippen LogP contribution in [0.5, 0.6) is 0 Å². The standard InChI is InChI=1S/C47H77N7O9/c1-12-30(6)42(53(9)47(61)40(28(2)3)51-46(60)41(29(4)5)52(8)23-17-13-14-22-39(56)57)37(62-10)26-38(55)54-24-18-21-36(54)43(63-11)31(7)45(59)50-35(44(48)58)25-32-27-49-34-20-16-15-19-33(32)34/h15-16,19-20,27-31,35-37,40-43,49H,12-14,17-18,21-26H2,1-11H3,(H2,48,58)(H,50,59)(H,51,60)(H,56,57)/t30?,31-,35+,36?,37-,40+,41?,42?,43-/m1/s1. The maximum atomic E-state index is 14.5. The predicted molar refractivity (Wildman–Crippen MR) is 243 cm³/mol. The number of amides is 5. The van der Waals surface area contributed by atoms with Gasteiger partial charge in [0.05, 0.1) is 42.7 Å². The Hall–Kier alpha value is -4.54. The molecule has 63 heavy (non-hydrogen) atoms. The highest BCUT2D eigenvalue weighted by Crippen LogP contribution is 2.30. The van der Waals surface area contributed by atoms with Crippen molar-refractivity contribution in [2.75, 3.05) is 41.4 Å². The van der Waals surface area contributed by atoms with E-state index in [2.05, 4.69) is 15.6 Å². The summed E-state index contributed by atoms with van der Waals surface area (Å²) in [7, 11) is 6.63. The predicted octanol–water partition coefficient (Wildman–Crippen LogP) is 4.34. The van der Waals surface area contributed by atoms with E-state index in [0.717, 1.165) is 29.3 Å². The number of hydrogen-bond donors (Lipinski definition) is 5. The van der Waals surface area contributed by atoms with E-state index >= 15 is 0 Å². The Bertz CT molecular complexity index is 1820. The van der Waals surface area contributed by atoms with E-state index in [1.54, 1.807) is 23.8 Å². The van der Waals surface area contributed by atoms with E-state index in [1.807, 2.05) is 84.0 Å². The van der Waals surface area contributed by atoms with Crippen LogP contribution < -0.4 is 16.4 Å². The number of nitrogens with zero attached hydrogens (tertiary/aromatic N) is 3. The van der Waals surface area contributed by atoms with Crippen LogP contribution in [0.4, 0.5) is 0 Å². The number of likely N-dealkylation sites (N-methyl/N-ethyl adjacent to an activating group) is 2. The van der Waals surface area contributed by atoms with Crippen molar-refractivity contribution in [3.63, 3.8) is 0 Å². The molecule has 0 aliphatic carbocycles. The van der Waals surface area contributed by atoms with Crippen LogP contribution in [0.2, 0.25) is 0 Å². The minimum Gasteiger partial charge on any atom is -0.481 e. The maximum Gasteiger partial charge on any atom is 0.303 e. The van der Waals surface area contributed by atoms with Crippen LogP contribution in [-0.4, -0.2) is 144 Å². The molecule has 2 aromatic rings. The zero-order valence-electron chi connectivity index (χ0n) is 39.6. The molecular formula is C47H77N7O9. The number of rotatable bonds is 27. The number of aromatic nitrogens is 1. The highest BCUT2D eigenvalue weighted by molar-refractivity contribution is 5.91. The molecule has 0 spiro atoms. The lowest BCUT2D eigenvalue weighted by Gasteiger charge is -2.41. The van der Waals surface area contributed by atoms with E-state index < -0.39 is 66.1 Å². The molecule has 3 rings (SSSR count). The van der Waals surface area contributed by atoms with Crippen molar-refractivity contribution in [1.29, 1.82) is 0 Å². The molecule has 16 heteroatoms. The quantitative estimate of drug-likeness (QED) is 0.0800. The molecular weight excluding hydrogens is 807 g/mol. The number of nitrogens with one attached hydrogen (secondary N) is 3. The molecule has 0 bridgehead atoms. The number of unbranched alkanes of at least 4 members (excludes halogenated alkanes) is 2. The molecule has 16 nitrogen and oxygen atoms in total. The lowest BCUT2D eigenvalue weighted by atomic mass is 9.89. The summed E-state index contributed by atoms with van der Waals surface area (Å²) < 4.78 is 12.0. The van der Waals surface area contributed by atoms with Gasteiger partial charge in [0.1, 0.15) is 12.1 Å². The van der Waals surface area contributed by atoms with E-state index in [1.165, 1.54) is 14.2 Å². The van der Waals surface area contributed by atoms with Crippen LogP contribution in [0.15, 0.2) is 30.5 Å². The summed E-state index contributed by atoms with van der Waals surface area (Å²) in [5.74, 6) is -3.76. The summed E-state index contributed by atoms with van der Waals surface area (Å²) in [6.07, 6.45) is 4.76. The number of para-hydroxylation sites is 1.